The van der Waals surface area contributed by atoms with Gasteiger partial charge in [-0.25, -0.2) is 0 Å². The number of ether oxygens (including phenoxy) is 1. The summed E-state index contributed by atoms with van der Waals surface area (Å²) in [6.45, 7) is 7.54. The number of hydrogen-bond acceptors (Lipinski definition) is 3. The predicted octanol–water partition coefficient (Wildman–Crippen LogP) is 0.607. The lowest BCUT2D eigenvalue weighted by molar-refractivity contribution is -0.130. The highest BCUT2D eigenvalue weighted by Gasteiger charge is 2.45. The molecule has 0 aliphatic carbocycles. The van der Waals surface area contributed by atoms with Crippen molar-refractivity contribution in [3.05, 3.63) is 0 Å². The van der Waals surface area contributed by atoms with E-state index in [1.165, 1.54) is 0 Å². The number of rotatable bonds is 4. The average molecular weight is 214 g/mol. The SMILES string of the molecule is CCN1C(=O)CC(N)C1C(C)(C)COC. The van der Waals surface area contributed by atoms with Gasteiger partial charge in [-0.05, 0) is 6.92 Å². The number of likely N-dealkylation sites (N-methyl/N-ethyl adjacent to an activating group) is 1. The summed E-state index contributed by atoms with van der Waals surface area (Å²) in [7, 11) is 1.68. The van der Waals surface area contributed by atoms with Crippen LogP contribution in [0.5, 0.6) is 0 Å². The molecular formula is C11H22N2O2. The molecule has 0 aromatic carbocycles. The van der Waals surface area contributed by atoms with Crippen molar-refractivity contribution < 1.29 is 9.53 Å². The quantitative estimate of drug-likeness (QED) is 0.746. The van der Waals surface area contributed by atoms with E-state index in [1.807, 2.05) is 11.8 Å². The van der Waals surface area contributed by atoms with E-state index in [2.05, 4.69) is 13.8 Å². The Morgan fingerprint density at radius 3 is 2.67 bits per heavy atom. The lowest BCUT2D eigenvalue weighted by Gasteiger charge is -2.38. The van der Waals surface area contributed by atoms with Gasteiger partial charge in [0.1, 0.15) is 0 Å². The maximum absolute atomic E-state index is 11.7. The normalized spacial score (nSPS) is 27.5. The maximum Gasteiger partial charge on any atom is 0.224 e. The first-order valence-electron chi connectivity index (χ1n) is 5.48. The molecule has 0 bridgehead atoms. The summed E-state index contributed by atoms with van der Waals surface area (Å²) in [4.78, 5) is 13.6. The first-order chi connectivity index (χ1) is 6.94. The topological polar surface area (TPSA) is 55.6 Å². The van der Waals surface area contributed by atoms with Gasteiger partial charge >= 0.3 is 0 Å². The van der Waals surface area contributed by atoms with Crippen molar-refractivity contribution in [3.63, 3.8) is 0 Å². The van der Waals surface area contributed by atoms with Crippen LogP contribution in [0, 0.1) is 5.41 Å². The lowest BCUT2D eigenvalue weighted by Crippen LogP contribution is -2.51. The molecule has 1 rings (SSSR count). The van der Waals surface area contributed by atoms with E-state index in [4.69, 9.17) is 10.5 Å². The second-order valence-corrected chi connectivity index (χ2v) is 4.91. The monoisotopic (exact) mass is 214 g/mol. The minimum atomic E-state index is -0.0870. The molecule has 1 amide bonds. The summed E-state index contributed by atoms with van der Waals surface area (Å²) in [5, 5.41) is 0. The minimum Gasteiger partial charge on any atom is -0.384 e. The third-order valence-electron chi connectivity index (χ3n) is 3.13. The Kier molecular flexibility index (Phi) is 3.73. The zero-order valence-corrected chi connectivity index (χ0v) is 10.1. The molecule has 0 saturated carbocycles. The Balaban J connectivity index is 2.86. The van der Waals surface area contributed by atoms with Crippen LogP contribution in [-0.4, -0.2) is 43.2 Å². The number of methoxy groups -OCH3 is 1. The van der Waals surface area contributed by atoms with E-state index in [-0.39, 0.29) is 23.4 Å². The summed E-state index contributed by atoms with van der Waals surface area (Å²) >= 11 is 0. The van der Waals surface area contributed by atoms with Gasteiger partial charge in [-0.3, -0.25) is 4.79 Å². The van der Waals surface area contributed by atoms with E-state index in [9.17, 15) is 4.79 Å². The van der Waals surface area contributed by atoms with Gasteiger partial charge in [0.25, 0.3) is 0 Å². The molecule has 88 valence electrons. The second-order valence-electron chi connectivity index (χ2n) is 4.91. The summed E-state index contributed by atoms with van der Waals surface area (Å²) < 4.78 is 5.20. The van der Waals surface area contributed by atoms with Crippen LogP contribution in [0.3, 0.4) is 0 Å². The number of nitrogens with two attached hydrogens (primary N) is 1. The highest BCUT2D eigenvalue weighted by molar-refractivity contribution is 5.80. The second kappa shape index (κ2) is 4.49. The fraction of sp³-hybridized carbons (Fsp3) is 0.909. The third-order valence-corrected chi connectivity index (χ3v) is 3.13. The molecule has 2 atom stereocenters. The summed E-state index contributed by atoms with van der Waals surface area (Å²) in [5.74, 6) is 0.166. The van der Waals surface area contributed by atoms with Crippen molar-refractivity contribution in [2.75, 3.05) is 20.3 Å². The highest BCUT2D eigenvalue weighted by atomic mass is 16.5. The largest absolute Gasteiger partial charge is 0.384 e. The van der Waals surface area contributed by atoms with Crippen LogP contribution in [0.2, 0.25) is 0 Å². The first-order valence-corrected chi connectivity index (χ1v) is 5.48. The van der Waals surface area contributed by atoms with Crippen molar-refractivity contribution in [2.45, 2.75) is 39.3 Å². The summed E-state index contributed by atoms with van der Waals surface area (Å²) in [6.07, 6.45) is 0.464. The van der Waals surface area contributed by atoms with Gasteiger partial charge in [-0.1, -0.05) is 13.8 Å². The van der Waals surface area contributed by atoms with Crippen LogP contribution in [-0.2, 0) is 9.53 Å². The molecule has 2 unspecified atom stereocenters. The molecule has 4 nitrogen and oxygen atoms in total. The highest BCUT2D eigenvalue weighted by Crippen LogP contribution is 2.33. The van der Waals surface area contributed by atoms with Crippen LogP contribution in [0.25, 0.3) is 0 Å². The van der Waals surface area contributed by atoms with Crippen LogP contribution in [0.1, 0.15) is 27.2 Å². The Morgan fingerprint density at radius 2 is 2.20 bits per heavy atom. The van der Waals surface area contributed by atoms with Gasteiger partial charge in [0, 0.05) is 31.5 Å². The van der Waals surface area contributed by atoms with E-state index in [0.29, 0.717) is 13.0 Å². The zero-order chi connectivity index (χ0) is 11.6. The zero-order valence-electron chi connectivity index (χ0n) is 10.1. The number of nitrogens with zero attached hydrogens (tertiary/aromatic N) is 1. The van der Waals surface area contributed by atoms with Crippen molar-refractivity contribution in [2.24, 2.45) is 11.1 Å². The molecule has 2 N–H and O–H groups in total. The Hall–Kier alpha value is -0.610. The Morgan fingerprint density at radius 1 is 1.60 bits per heavy atom. The van der Waals surface area contributed by atoms with Gasteiger partial charge in [-0.2, -0.15) is 0 Å². The summed E-state index contributed by atoms with van der Waals surface area (Å²) in [5.41, 5.74) is 5.95. The van der Waals surface area contributed by atoms with E-state index in [1.54, 1.807) is 7.11 Å². The molecule has 0 radical (unpaired) electrons. The fourth-order valence-corrected chi connectivity index (χ4v) is 2.65. The van der Waals surface area contributed by atoms with Gasteiger partial charge in [0.15, 0.2) is 0 Å². The molecule has 0 aromatic heterocycles. The molecule has 0 aromatic rings. The molecule has 1 saturated heterocycles. The fourth-order valence-electron chi connectivity index (χ4n) is 2.65. The number of likely N-dealkylation sites (tertiary alicyclic amines) is 1. The minimum absolute atomic E-state index is 0.0670. The van der Waals surface area contributed by atoms with Crippen LogP contribution >= 0.6 is 0 Å². The predicted molar refractivity (Wildman–Crippen MR) is 59.4 cm³/mol. The number of hydrogen-bond donors (Lipinski definition) is 1. The number of carbonyl (C=O) groups excluding carboxylic acids is 1. The smallest absolute Gasteiger partial charge is 0.224 e. The van der Waals surface area contributed by atoms with Crippen molar-refractivity contribution in [1.82, 2.24) is 4.90 Å². The third kappa shape index (κ3) is 2.32. The lowest BCUT2D eigenvalue weighted by atomic mass is 9.81. The molecule has 0 spiro atoms. The van der Waals surface area contributed by atoms with Crippen molar-refractivity contribution in [1.29, 1.82) is 0 Å². The van der Waals surface area contributed by atoms with Gasteiger partial charge < -0.3 is 15.4 Å². The molecule has 1 aliphatic rings. The molecule has 4 heteroatoms. The molecule has 1 heterocycles. The van der Waals surface area contributed by atoms with E-state index >= 15 is 0 Å². The van der Waals surface area contributed by atoms with Crippen LogP contribution < -0.4 is 5.73 Å². The Labute approximate surface area is 91.8 Å². The number of amides is 1. The molecule has 15 heavy (non-hydrogen) atoms. The van der Waals surface area contributed by atoms with Crippen molar-refractivity contribution >= 4 is 5.91 Å². The summed E-state index contributed by atoms with van der Waals surface area (Å²) in [6, 6.07) is 0.0255. The standard InChI is InChI=1S/C11H22N2O2/c1-5-13-9(14)6-8(12)10(13)11(2,3)7-15-4/h8,10H,5-7,12H2,1-4H3. The molecule has 1 fully saturated rings. The van der Waals surface area contributed by atoms with Crippen LogP contribution in [0.4, 0.5) is 0 Å². The van der Waals surface area contributed by atoms with Crippen molar-refractivity contribution in [3.8, 4) is 0 Å². The molecule has 1 aliphatic heterocycles. The average Bonchev–Trinajstić information content (AvgIpc) is 2.40. The van der Waals surface area contributed by atoms with Gasteiger partial charge in [-0.15, -0.1) is 0 Å². The van der Waals surface area contributed by atoms with Gasteiger partial charge in [0.2, 0.25) is 5.91 Å². The van der Waals surface area contributed by atoms with E-state index in [0.717, 1.165) is 6.54 Å². The number of carbonyl (C=O) groups is 1. The van der Waals surface area contributed by atoms with Gasteiger partial charge in [0.05, 0.1) is 12.6 Å². The molecular weight excluding hydrogens is 192 g/mol. The first kappa shape index (κ1) is 12.5. The van der Waals surface area contributed by atoms with E-state index < -0.39 is 0 Å². The van der Waals surface area contributed by atoms with Crippen LogP contribution in [0.15, 0.2) is 0 Å². The maximum atomic E-state index is 11.7. The Bertz CT molecular complexity index is 241.